The molecule has 3 nitrogen and oxygen atoms in total. The summed E-state index contributed by atoms with van der Waals surface area (Å²) in [6, 6.07) is 25.3. The van der Waals surface area contributed by atoms with Gasteiger partial charge in [0.05, 0.1) is 16.9 Å². The Morgan fingerprint density at radius 2 is 1.52 bits per heavy atom. The normalized spacial score (nSPS) is 14.0. The first kappa shape index (κ1) is 18.8. The minimum absolute atomic E-state index is 0.307. The molecule has 3 rings (SSSR count). The van der Waals surface area contributed by atoms with Crippen LogP contribution in [0.5, 0.6) is 0 Å². The van der Waals surface area contributed by atoms with E-state index < -0.39 is 16.2 Å². The number of carbonyl (C=O) groups is 1. The highest BCUT2D eigenvalue weighted by Crippen LogP contribution is 2.33. The Labute approximate surface area is 161 Å². The van der Waals surface area contributed by atoms with Gasteiger partial charge in [0.2, 0.25) is 0 Å². The van der Waals surface area contributed by atoms with Crippen molar-refractivity contribution in [2.24, 2.45) is 0 Å². The second kappa shape index (κ2) is 7.69. The SMILES string of the molecule is Cc1ccc([S@](=O)c2ccccc2[C@](C)(C#N)C(=O)c2ccccc2)cc1. The Morgan fingerprint density at radius 1 is 0.926 bits per heavy atom. The van der Waals surface area contributed by atoms with Gasteiger partial charge < -0.3 is 0 Å². The van der Waals surface area contributed by atoms with Crippen LogP contribution in [0.4, 0.5) is 0 Å². The Balaban J connectivity index is 2.11. The van der Waals surface area contributed by atoms with Crippen LogP contribution in [0.25, 0.3) is 0 Å². The van der Waals surface area contributed by atoms with E-state index in [1.54, 1.807) is 55.5 Å². The predicted octanol–water partition coefficient (Wildman–Crippen LogP) is 4.83. The lowest BCUT2D eigenvalue weighted by molar-refractivity contribution is 0.0930. The zero-order valence-electron chi connectivity index (χ0n) is 15.2. The number of Topliss-reactive ketones (excluding diaryl/α,β-unsaturated/α-hetero) is 1. The highest BCUT2D eigenvalue weighted by molar-refractivity contribution is 7.85. The molecule has 0 aliphatic rings. The number of benzene rings is 3. The van der Waals surface area contributed by atoms with Crippen molar-refractivity contribution in [3.8, 4) is 6.07 Å². The zero-order chi connectivity index (χ0) is 19.4. The maximum atomic E-state index is 13.2. The van der Waals surface area contributed by atoms with Crippen LogP contribution in [0.2, 0.25) is 0 Å². The van der Waals surface area contributed by atoms with E-state index in [0.717, 1.165) is 5.56 Å². The van der Waals surface area contributed by atoms with E-state index in [-0.39, 0.29) is 5.78 Å². The number of nitrogens with zero attached hydrogens (tertiary/aromatic N) is 1. The fraction of sp³-hybridized carbons (Fsp3) is 0.130. The minimum atomic E-state index is -1.49. The van der Waals surface area contributed by atoms with E-state index in [1.165, 1.54) is 0 Å². The maximum Gasteiger partial charge on any atom is 0.187 e. The number of carbonyl (C=O) groups excluding carboxylic acids is 1. The van der Waals surface area contributed by atoms with Crippen molar-refractivity contribution in [2.75, 3.05) is 0 Å². The Morgan fingerprint density at radius 3 is 2.15 bits per heavy atom. The third kappa shape index (κ3) is 3.60. The van der Waals surface area contributed by atoms with Crippen molar-refractivity contribution in [1.29, 1.82) is 5.26 Å². The van der Waals surface area contributed by atoms with Gasteiger partial charge in [-0.3, -0.25) is 4.79 Å². The Bertz CT molecular complexity index is 1040. The molecule has 3 aromatic carbocycles. The van der Waals surface area contributed by atoms with Crippen LogP contribution in [-0.4, -0.2) is 9.99 Å². The first-order valence-corrected chi connectivity index (χ1v) is 9.71. The van der Waals surface area contributed by atoms with E-state index in [0.29, 0.717) is 20.9 Å². The van der Waals surface area contributed by atoms with Gasteiger partial charge in [0, 0.05) is 15.4 Å². The summed E-state index contributed by atoms with van der Waals surface area (Å²) in [5, 5.41) is 9.91. The topological polar surface area (TPSA) is 57.9 Å². The summed E-state index contributed by atoms with van der Waals surface area (Å²) in [5.74, 6) is -0.307. The quantitative estimate of drug-likeness (QED) is 0.602. The predicted molar refractivity (Wildman–Crippen MR) is 106 cm³/mol. The van der Waals surface area contributed by atoms with Crippen LogP contribution in [0, 0.1) is 18.3 Å². The smallest absolute Gasteiger partial charge is 0.187 e. The lowest BCUT2D eigenvalue weighted by Crippen LogP contribution is -2.32. The minimum Gasteiger partial charge on any atom is -0.292 e. The summed E-state index contributed by atoms with van der Waals surface area (Å²) >= 11 is 0. The molecule has 0 spiro atoms. The second-order valence-electron chi connectivity index (χ2n) is 6.51. The summed E-state index contributed by atoms with van der Waals surface area (Å²) in [6.45, 7) is 3.55. The van der Waals surface area contributed by atoms with Crippen LogP contribution in [-0.2, 0) is 16.2 Å². The van der Waals surface area contributed by atoms with Gasteiger partial charge in [-0.15, -0.1) is 0 Å². The van der Waals surface area contributed by atoms with E-state index >= 15 is 0 Å². The van der Waals surface area contributed by atoms with Crippen molar-refractivity contribution in [1.82, 2.24) is 0 Å². The van der Waals surface area contributed by atoms with Gasteiger partial charge in [-0.25, -0.2) is 4.21 Å². The van der Waals surface area contributed by atoms with Gasteiger partial charge in [-0.2, -0.15) is 5.26 Å². The summed E-state index contributed by atoms with van der Waals surface area (Å²) in [6.07, 6.45) is 0. The molecule has 0 bridgehead atoms. The zero-order valence-corrected chi connectivity index (χ0v) is 16.0. The number of ketones is 1. The molecule has 0 aliphatic heterocycles. The summed E-state index contributed by atoms with van der Waals surface area (Å²) in [4.78, 5) is 14.3. The molecule has 0 amide bonds. The van der Waals surface area contributed by atoms with Gasteiger partial charge in [0.25, 0.3) is 0 Å². The molecule has 0 saturated heterocycles. The third-order valence-corrected chi connectivity index (χ3v) is 6.03. The summed E-state index contributed by atoms with van der Waals surface area (Å²) in [5.41, 5.74) is 0.570. The van der Waals surface area contributed by atoms with Crippen molar-refractivity contribution in [3.05, 3.63) is 95.6 Å². The van der Waals surface area contributed by atoms with Crippen molar-refractivity contribution < 1.29 is 9.00 Å². The van der Waals surface area contributed by atoms with Gasteiger partial charge >= 0.3 is 0 Å². The number of nitriles is 1. The number of hydrogen-bond acceptors (Lipinski definition) is 3. The van der Waals surface area contributed by atoms with Gasteiger partial charge in [-0.05, 0) is 37.6 Å². The van der Waals surface area contributed by atoms with E-state index in [2.05, 4.69) is 6.07 Å². The molecule has 0 unspecified atom stereocenters. The highest BCUT2D eigenvalue weighted by Gasteiger charge is 2.38. The average Bonchev–Trinajstić information content (AvgIpc) is 2.73. The molecular formula is C23H19NO2S. The Kier molecular flexibility index (Phi) is 5.34. The highest BCUT2D eigenvalue weighted by atomic mass is 32.2. The first-order valence-electron chi connectivity index (χ1n) is 8.56. The molecule has 0 fully saturated rings. The largest absolute Gasteiger partial charge is 0.292 e. The maximum absolute atomic E-state index is 13.2. The molecule has 0 aliphatic carbocycles. The van der Waals surface area contributed by atoms with Gasteiger partial charge in [-0.1, -0.05) is 66.2 Å². The fourth-order valence-electron chi connectivity index (χ4n) is 2.94. The lowest BCUT2D eigenvalue weighted by atomic mass is 9.77. The molecule has 0 radical (unpaired) electrons. The first-order chi connectivity index (χ1) is 13.0. The standard InChI is InChI=1S/C23H19NO2S/c1-17-12-14-19(15-13-17)27(26)21-11-7-6-10-20(21)23(2,16-24)22(25)18-8-4-3-5-9-18/h3-15H,1-2H3/t23-,27-/m0/s1. The van der Waals surface area contributed by atoms with Crippen molar-refractivity contribution in [2.45, 2.75) is 29.1 Å². The molecule has 0 heterocycles. The van der Waals surface area contributed by atoms with E-state index in [1.807, 2.05) is 37.3 Å². The fourth-order valence-corrected chi connectivity index (χ4v) is 4.25. The monoisotopic (exact) mass is 373 g/mol. The van der Waals surface area contributed by atoms with Crippen molar-refractivity contribution >= 4 is 16.6 Å². The number of hydrogen-bond donors (Lipinski definition) is 0. The lowest BCUT2D eigenvalue weighted by Gasteiger charge is -2.23. The molecule has 0 saturated carbocycles. The molecule has 0 N–H and O–H groups in total. The molecular weight excluding hydrogens is 354 g/mol. The van der Waals surface area contributed by atoms with Crippen LogP contribution in [0.3, 0.4) is 0 Å². The number of rotatable bonds is 5. The number of aryl methyl sites for hydroxylation is 1. The summed E-state index contributed by atoms with van der Waals surface area (Å²) < 4.78 is 13.2. The van der Waals surface area contributed by atoms with Crippen LogP contribution in [0.1, 0.15) is 28.4 Å². The molecule has 0 aromatic heterocycles. The molecule has 3 aromatic rings. The molecule has 134 valence electrons. The van der Waals surface area contributed by atoms with Crippen LogP contribution >= 0.6 is 0 Å². The third-order valence-electron chi connectivity index (χ3n) is 4.57. The van der Waals surface area contributed by atoms with Crippen LogP contribution < -0.4 is 0 Å². The second-order valence-corrected chi connectivity index (χ2v) is 7.96. The van der Waals surface area contributed by atoms with Gasteiger partial charge in [0.1, 0.15) is 5.41 Å². The Hall–Kier alpha value is -3.03. The van der Waals surface area contributed by atoms with Crippen molar-refractivity contribution in [3.63, 3.8) is 0 Å². The summed E-state index contributed by atoms with van der Waals surface area (Å²) in [7, 11) is -1.49. The molecule has 4 heteroatoms. The van der Waals surface area contributed by atoms with Crippen LogP contribution in [0.15, 0.2) is 88.7 Å². The molecule has 2 atom stereocenters. The van der Waals surface area contributed by atoms with Gasteiger partial charge in [0.15, 0.2) is 5.78 Å². The molecule has 27 heavy (non-hydrogen) atoms. The average molecular weight is 373 g/mol. The van der Waals surface area contributed by atoms with E-state index in [9.17, 15) is 14.3 Å². The van der Waals surface area contributed by atoms with E-state index in [4.69, 9.17) is 0 Å².